The van der Waals surface area contributed by atoms with E-state index in [0.29, 0.717) is 5.71 Å². The van der Waals surface area contributed by atoms with Crippen molar-refractivity contribution in [2.75, 3.05) is 0 Å². The molecule has 0 saturated carbocycles. The Labute approximate surface area is 84.5 Å². The van der Waals surface area contributed by atoms with E-state index in [9.17, 15) is 0 Å². The molecule has 0 saturated heterocycles. The Morgan fingerprint density at radius 2 is 1.64 bits per heavy atom. The Bertz CT molecular complexity index is 392. The number of allylic oxidation sites excluding steroid dienone is 2. The normalized spacial score (nSPS) is 9.07. The summed E-state index contributed by atoms with van der Waals surface area (Å²) in [5.74, 6) is 0. The molecule has 0 spiro atoms. The van der Waals surface area contributed by atoms with E-state index in [0.717, 1.165) is 16.7 Å². The molecule has 0 aromatic heterocycles. The first-order chi connectivity index (χ1) is 6.66. The van der Waals surface area contributed by atoms with Gasteiger partial charge < -0.3 is 5.53 Å². The van der Waals surface area contributed by atoms with Crippen molar-refractivity contribution < 1.29 is 4.79 Å². The highest BCUT2D eigenvalue weighted by atomic mass is 14.9. The SMILES string of the molecule is CC(C)=C(C)C(=[N+]=[N-])c1ccccc1. The van der Waals surface area contributed by atoms with E-state index in [-0.39, 0.29) is 0 Å². The van der Waals surface area contributed by atoms with Crippen molar-refractivity contribution in [2.24, 2.45) is 0 Å². The Morgan fingerprint density at radius 3 is 2.07 bits per heavy atom. The van der Waals surface area contributed by atoms with Crippen LogP contribution in [0.2, 0.25) is 0 Å². The van der Waals surface area contributed by atoms with Crippen LogP contribution in [-0.4, -0.2) is 10.5 Å². The molecule has 0 amide bonds. The molecule has 0 atom stereocenters. The Hall–Kier alpha value is -1.66. The molecule has 0 heterocycles. The van der Waals surface area contributed by atoms with Gasteiger partial charge in [0, 0.05) is 5.57 Å². The van der Waals surface area contributed by atoms with Gasteiger partial charge in [-0.1, -0.05) is 23.8 Å². The van der Waals surface area contributed by atoms with Gasteiger partial charge in [-0.25, -0.2) is 0 Å². The summed E-state index contributed by atoms with van der Waals surface area (Å²) in [6.07, 6.45) is 0. The minimum Gasteiger partial charge on any atom is -0.361 e. The number of benzene rings is 1. The van der Waals surface area contributed by atoms with Gasteiger partial charge in [0.05, 0.1) is 5.56 Å². The standard InChI is InChI=1S/C12H14N2/c1-9(2)10(3)12(14-13)11-7-5-4-6-8-11/h4-8H,1-3H3. The van der Waals surface area contributed by atoms with E-state index in [2.05, 4.69) is 4.79 Å². The van der Waals surface area contributed by atoms with Gasteiger partial charge in [-0.05, 0) is 32.9 Å². The van der Waals surface area contributed by atoms with Gasteiger partial charge in [-0.2, -0.15) is 4.79 Å². The number of rotatable bonds is 2. The summed E-state index contributed by atoms with van der Waals surface area (Å²) in [5.41, 5.74) is 12.7. The second kappa shape index (κ2) is 4.54. The summed E-state index contributed by atoms with van der Waals surface area (Å²) >= 11 is 0. The number of nitrogens with zero attached hydrogens (tertiary/aromatic N) is 2. The molecular formula is C12H14N2. The van der Waals surface area contributed by atoms with Crippen molar-refractivity contribution >= 4 is 5.71 Å². The van der Waals surface area contributed by atoms with Crippen molar-refractivity contribution in [3.8, 4) is 0 Å². The van der Waals surface area contributed by atoms with Crippen molar-refractivity contribution in [3.05, 3.63) is 52.6 Å². The molecule has 0 aliphatic carbocycles. The van der Waals surface area contributed by atoms with Crippen LogP contribution in [0.15, 0.2) is 41.5 Å². The maximum absolute atomic E-state index is 8.95. The van der Waals surface area contributed by atoms with Crippen LogP contribution in [-0.2, 0) is 0 Å². The first-order valence-electron chi connectivity index (χ1n) is 4.58. The van der Waals surface area contributed by atoms with Gasteiger partial charge in [0.25, 0.3) is 0 Å². The van der Waals surface area contributed by atoms with Crippen LogP contribution in [0.1, 0.15) is 26.3 Å². The third-order valence-electron chi connectivity index (χ3n) is 2.25. The van der Waals surface area contributed by atoms with E-state index < -0.39 is 0 Å². The lowest BCUT2D eigenvalue weighted by Gasteiger charge is -1.98. The fourth-order valence-electron chi connectivity index (χ4n) is 1.18. The number of hydrogen-bond acceptors (Lipinski definition) is 0. The molecule has 0 fully saturated rings. The smallest absolute Gasteiger partial charge is 0.325 e. The Balaban J connectivity index is 3.22. The maximum Gasteiger partial charge on any atom is 0.325 e. The quantitative estimate of drug-likeness (QED) is 0.386. The first kappa shape index (κ1) is 10.4. The van der Waals surface area contributed by atoms with Gasteiger partial charge in [0.2, 0.25) is 0 Å². The predicted molar refractivity (Wildman–Crippen MR) is 58.2 cm³/mol. The zero-order chi connectivity index (χ0) is 10.6. The molecular weight excluding hydrogens is 172 g/mol. The topological polar surface area (TPSA) is 36.4 Å². The summed E-state index contributed by atoms with van der Waals surface area (Å²) < 4.78 is 0. The molecule has 0 aliphatic rings. The van der Waals surface area contributed by atoms with Gasteiger partial charge in [0.1, 0.15) is 0 Å². The molecule has 72 valence electrons. The Kier molecular flexibility index (Phi) is 3.38. The van der Waals surface area contributed by atoms with Crippen molar-refractivity contribution in [1.29, 1.82) is 0 Å². The summed E-state index contributed by atoms with van der Waals surface area (Å²) in [7, 11) is 0. The zero-order valence-electron chi connectivity index (χ0n) is 8.78. The molecule has 0 unspecified atom stereocenters. The van der Waals surface area contributed by atoms with Gasteiger partial charge in [-0.3, -0.25) is 0 Å². The van der Waals surface area contributed by atoms with Crippen LogP contribution in [0, 0.1) is 0 Å². The predicted octanol–water partition coefficient (Wildman–Crippen LogP) is 3.06. The molecule has 0 aliphatic heterocycles. The monoisotopic (exact) mass is 186 g/mol. The molecule has 0 radical (unpaired) electrons. The molecule has 0 N–H and O–H groups in total. The first-order valence-corrected chi connectivity index (χ1v) is 4.58. The fraction of sp³-hybridized carbons (Fsp3) is 0.250. The highest BCUT2D eigenvalue weighted by Crippen LogP contribution is 2.10. The highest BCUT2D eigenvalue weighted by molar-refractivity contribution is 6.08. The molecule has 1 rings (SSSR count). The summed E-state index contributed by atoms with van der Waals surface area (Å²) in [5, 5.41) is 0. The van der Waals surface area contributed by atoms with Gasteiger partial charge in [-0.15, -0.1) is 0 Å². The summed E-state index contributed by atoms with van der Waals surface area (Å²) in [4.78, 5) is 3.34. The van der Waals surface area contributed by atoms with Crippen LogP contribution in [0.5, 0.6) is 0 Å². The molecule has 1 aromatic rings. The fourth-order valence-corrected chi connectivity index (χ4v) is 1.18. The lowest BCUT2D eigenvalue weighted by atomic mass is 10.0. The Morgan fingerprint density at radius 1 is 1.07 bits per heavy atom. The van der Waals surface area contributed by atoms with Crippen molar-refractivity contribution in [2.45, 2.75) is 20.8 Å². The summed E-state index contributed by atoms with van der Waals surface area (Å²) in [6.45, 7) is 5.96. The van der Waals surface area contributed by atoms with Crippen LogP contribution in [0.4, 0.5) is 0 Å². The molecule has 14 heavy (non-hydrogen) atoms. The van der Waals surface area contributed by atoms with Crippen LogP contribution >= 0.6 is 0 Å². The minimum absolute atomic E-state index is 0.644. The second-order valence-corrected chi connectivity index (χ2v) is 3.44. The van der Waals surface area contributed by atoms with E-state index in [1.165, 1.54) is 0 Å². The molecule has 2 heteroatoms. The minimum atomic E-state index is 0.644. The third-order valence-corrected chi connectivity index (χ3v) is 2.25. The molecule has 2 nitrogen and oxygen atoms in total. The second-order valence-electron chi connectivity index (χ2n) is 3.44. The average Bonchev–Trinajstić information content (AvgIpc) is 2.20. The van der Waals surface area contributed by atoms with E-state index >= 15 is 0 Å². The highest BCUT2D eigenvalue weighted by Gasteiger charge is 2.14. The van der Waals surface area contributed by atoms with Crippen LogP contribution < -0.4 is 0 Å². The molecule has 0 bridgehead atoms. The van der Waals surface area contributed by atoms with E-state index in [1.54, 1.807) is 0 Å². The van der Waals surface area contributed by atoms with E-state index in [4.69, 9.17) is 5.53 Å². The van der Waals surface area contributed by atoms with Crippen molar-refractivity contribution in [3.63, 3.8) is 0 Å². The maximum atomic E-state index is 8.95. The molecule has 1 aromatic carbocycles. The van der Waals surface area contributed by atoms with Gasteiger partial charge in [0.15, 0.2) is 0 Å². The van der Waals surface area contributed by atoms with Gasteiger partial charge >= 0.3 is 5.71 Å². The zero-order valence-corrected chi connectivity index (χ0v) is 8.78. The lowest BCUT2D eigenvalue weighted by Crippen LogP contribution is -2.05. The largest absolute Gasteiger partial charge is 0.361 e. The van der Waals surface area contributed by atoms with E-state index in [1.807, 2.05) is 51.1 Å². The summed E-state index contributed by atoms with van der Waals surface area (Å²) in [6, 6.07) is 9.66. The van der Waals surface area contributed by atoms with Crippen LogP contribution in [0.3, 0.4) is 0 Å². The van der Waals surface area contributed by atoms with Crippen molar-refractivity contribution in [1.82, 2.24) is 0 Å². The average molecular weight is 186 g/mol. The number of hydrogen-bond donors (Lipinski definition) is 0. The third kappa shape index (κ3) is 2.18. The lowest BCUT2D eigenvalue weighted by molar-refractivity contribution is -0.00320. The van der Waals surface area contributed by atoms with Crippen LogP contribution in [0.25, 0.3) is 5.53 Å².